The Hall–Kier alpha value is -2.55. The molecule has 0 spiro atoms. The summed E-state index contributed by atoms with van der Waals surface area (Å²) in [5, 5.41) is 9.63. The first-order valence-electron chi connectivity index (χ1n) is 6.43. The molecule has 0 atom stereocenters. The van der Waals surface area contributed by atoms with Crippen LogP contribution in [-0.4, -0.2) is 0 Å². The monoisotopic (exact) mass is 248 g/mol. The summed E-state index contributed by atoms with van der Waals surface area (Å²) in [7, 11) is 0. The van der Waals surface area contributed by atoms with Crippen LogP contribution in [0.25, 0.3) is 10.8 Å². The minimum atomic E-state index is 0.107. The number of rotatable bonds is 1. The predicted octanol–water partition coefficient (Wildman–Crippen LogP) is 3.19. The van der Waals surface area contributed by atoms with E-state index in [-0.39, 0.29) is 6.17 Å². The third-order valence-corrected chi connectivity index (χ3v) is 3.58. The Kier molecular flexibility index (Phi) is 2.18. The van der Waals surface area contributed by atoms with Gasteiger partial charge in [0, 0.05) is 34.5 Å². The number of H-pyrrole nitrogens is 1. The molecule has 2 aromatic carbocycles. The van der Waals surface area contributed by atoms with Gasteiger partial charge in [-0.1, -0.05) is 24.3 Å². The second kappa shape index (κ2) is 3.99. The molecule has 1 aliphatic heterocycles. The van der Waals surface area contributed by atoms with Crippen molar-refractivity contribution < 1.29 is 4.98 Å². The number of aromatic amines is 1. The topological polar surface area (TPSA) is 38.2 Å². The number of hydrogen-bond donors (Lipinski definition) is 2. The van der Waals surface area contributed by atoms with Crippen molar-refractivity contribution in [1.29, 1.82) is 0 Å². The number of aromatic nitrogens is 1. The number of hydrogen-bond acceptors (Lipinski definition) is 2. The second-order valence-corrected chi connectivity index (χ2v) is 4.76. The fraction of sp³-hybridized carbons (Fsp3) is 0.0625. The van der Waals surface area contributed by atoms with Crippen molar-refractivity contribution in [2.24, 2.45) is 0 Å². The van der Waals surface area contributed by atoms with E-state index in [1.165, 1.54) is 27.7 Å². The summed E-state index contributed by atoms with van der Waals surface area (Å²) in [4.78, 5) is 3.06. The van der Waals surface area contributed by atoms with Gasteiger partial charge in [-0.2, -0.15) is 0 Å². The summed E-state index contributed by atoms with van der Waals surface area (Å²) in [6.45, 7) is 0. The van der Waals surface area contributed by atoms with Crippen molar-refractivity contribution >= 4 is 22.1 Å². The van der Waals surface area contributed by atoms with Crippen LogP contribution in [-0.2, 0) is 0 Å². The van der Waals surface area contributed by atoms with Crippen LogP contribution in [0, 0.1) is 0 Å². The van der Waals surface area contributed by atoms with E-state index < -0.39 is 0 Å². The van der Waals surface area contributed by atoms with Gasteiger partial charge in [0.1, 0.15) is 6.17 Å². The van der Waals surface area contributed by atoms with Gasteiger partial charge in [0.25, 0.3) is 0 Å². The van der Waals surface area contributed by atoms with Crippen molar-refractivity contribution in [3.05, 3.63) is 66.5 Å². The Labute approximate surface area is 111 Å². The molecule has 2 heterocycles. The highest BCUT2D eigenvalue weighted by molar-refractivity contribution is 6.04. The van der Waals surface area contributed by atoms with Crippen LogP contribution in [0.3, 0.4) is 0 Å². The van der Waals surface area contributed by atoms with E-state index in [1.807, 2.05) is 12.4 Å². The molecule has 19 heavy (non-hydrogen) atoms. The number of pyridine rings is 1. The standard InChI is InChI=1S/C16H13N3/c1-3-11-4-2-6-14-15(11)13(5-1)18-16(19-14)12-7-9-17-10-8-12/h1-10,16,18-19H/p+1. The molecular formula is C16H14N3+. The van der Waals surface area contributed by atoms with Gasteiger partial charge in [-0.3, -0.25) is 0 Å². The van der Waals surface area contributed by atoms with Gasteiger partial charge in [-0.15, -0.1) is 0 Å². The lowest BCUT2D eigenvalue weighted by Crippen LogP contribution is -2.24. The molecule has 0 unspecified atom stereocenters. The van der Waals surface area contributed by atoms with Gasteiger partial charge in [-0.05, 0) is 17.5 Å². The minimum Gasteiger partial charge on any atom is -0.361 e. The van der Waals surface area contributed by atoms with Gasteiger partial charge in [-0.25, -0.2) is 4.98 Å². The number of nitrogens with one attached hydrogen (secondary N) is 3. The first-order valence-corrected chi connectivity index (χ1v) is 6.43. The smallest absolute Gasteiger partial charge is 0.167 e. The third kappa shape index (κ3) is 1.63. The zero-order valence-corrected chi connectivity index (χ0v) is 10.4. The van der Waals surface area contributed by atoms with Crippen molar-refractivity contribution in [2.75, 3.05) is 10.6 Å². The van der Waals surface area contributed by atoms with E-state index in [1.54, 1.807) is 0 Å². The average molecular weight is 248 g/mol. The molecule has 3 heteroatoms. The molecule has 1 aromatic heterocycles. The number of benzene rings is 2. The molecular weight excluding hydrogens is 234 g/mol. The summed E-state index contributed by atoms with van der Waals surface area (Å²) in [5.74, 6) is 0. The van der Waals surface area contributed by atoms with Crippen LogP contribution < -0.4 is 15.6 Å². The van der Waals surface area contributed by atoms with E-state index in [0.29, 0.717) is 0 Å². The molecule has 0 radical (unpaired) electrons. The van der Waals surface area contributed by atoms with E-state index in [2.05, 4.69) is 64.1 Å². The van der Waals surface area contributed by atoms with Crippen molar-refractivity contribution in [3.63, 3.8) is 0 Å². The molecule has 92 valence electrons. The van der Waals surface area contributed by atoms with Gasteiger partial charge >= 0.3 is 0 Å². The normalized spacial score (nSPS) is 13.9. The lowest BCUT2D eigenvalue weighted by Gasteiger charge is -2.29. The van der Waals surface area contributed by atoms with Crippen LogP contribution in [0.4, 0.5) is 11.4 Å². The van der Waals surface area contributed by atoms with Crippen molar-refractivity contribution in [2.45, 2.75) is 6.17 Å². The lowest BCUT2D eigenvalue weighted by molar-refractivity contribution is -0.378. The van der Waals surface area contributed by atoms with E-state index in [0.717, 1.165) is 0 Å². The minimum absolute atomic E-state index is 0.107. The van der Waals surface area contributed by atoms with Gasteiger partial charge < -0.3 is 10.6 Å². The van der Waals surface area contributed by atoms with Crippen LogP contribution >= 0.6 is 0 Å². The largest absolute Gasteiger partial charge is 0.361 e. The van der Waals surface area contributed by atoms with Gasteiger partial charge in [0.05, 0.1) is 0 Å². The van der Waals surface area contributed by atoms with Crippen LogP contribution in [0.1, 0.15) is 11.7 Å². The molecule has 3 N–H and O–H groups in total. The number of anilines is 2. The zero-order chi connectivity index (χ0) is 12.7. The first kappa shape index (κ1) is 10.4. The summed E-state index contributed by atoms with van der Waals surface area (Å²) in [6, 6.07) is 16.9. The van der Waals surface area contributed by atoms with E-state index in [9.17, 15) is 0 Å². The molecule has 0 aliphatic carbocycles. The Bertz CT molecular complexity index is 697. The first-order chi connectivity index (χ1) is 9.42. The quantitative estimate of drug-likeness (QED) is 0.694. The highest BCUT2D eigenvalue weighted by Crippen LogP contribution is 2.37. The maximum atomic E-state index is 3.55. The van der Waals surface area contributed by atoms with Crippen LogP contribution in [0.5, 0.6) is 0 Å². The van der Waals surface area contributed by atoms with E-state index >= 15 is 0 Å². The lowest BCUT2D eigenvalue weighted by atomic mass is 10.0. The van der Waals surface area contributed by atoms with Crippen molar-refractivity contribution in [3.8, 4) is 0 Å². The average Bonchev–Trinajstić information content (AvgIpc) is 2.49. The molecule has 3 nitrogen and oxygen atoms in total. The summed E-state index contributed by atoms with van der Waals surface area (Å²) in [5.41, 5.74) is 3.58. The zero-order valence-electron chi connectivity index (χ0n) is 10.4. The third-order valence-electron chi connectivity index (χ3n) is 3.58. The summed E-state index contributed by atoms with van der Waals surface area (Å²) < 4.78 is 0. The highest BCUT2D eigenvalue weighted by Gasteiger charge is 2.20. The summed E-state index contributed by atoms with van der Waals surface area (Å²) >= 11 is 0. The molecule has 0 saturated heterocycles. The fourth-order valence-corrected chi connectivity index (χ4v) is 2.69. The maximum absolute atomic E-state index is 3.55. The Morgan fingerprint density at radius 3 is 2.05 bits per heavy atom. The fourth-order valence-electron chi connectivity index (χ4n) is 2.69. The molecule has 0 fully saturated rings. The van der Waals surface area contributed by atoms with E-state index in [4.69, 9.17) is 0 Å². The van der Waals surface area contributed by atoms with Crippen LogP contribution in [0.15, 0.2) is 60.9 Å². The molecule has 0 saturated carbocycles. The summed E-state index contributed by atoms with van der Waals surface area (Å²) in [6.07, 6.45) is 4.00. The van der Waals surface area contributed by atoms with Gasteiger partial charge in [0.15, 0.2) is 12.4 Å². The molecule has 0 amide bonds. The molecule has 0 bridgehead atoms. The Balaban J connectivity index is 1.85. The Morgan fingerprint density at radius 1 is 0.789 bits per heavy atom. The second-order valence-electron chi connectivity index (χ2n) is 4.76. The molecule has 1 aliphatic rings. The van der Waals surface area contributed by atoms with Crippen molar-refractivity contribution in [1.82, 2.24) is 0 Å². The Morgan fingerprint density at radius 2 is 1.42 bits per heavy atom. The SMILES string of the molecule is c1cc2c3c(cccc3c1)NC(c1cc[nH+]cc1)N2. The van der Waals surface area contributed by atoms with Crippen LogP contribution in [0.2, 0.25) is 0 Å². The highest BCUT2D eigenvalue weighted by atomic mass is 15.1. The molecule has 3 aromatic rings. The molecule has 4 rings (SSSR count). The van der Waals surface area contributed by atoms with Gasteiger partial charge in [0.2, 0.25) is 0 Å². The maximum Gasteiger partial charge on any atom is 0.167 e. The predicted molar refractivity (Wildman–Crippen MR) is 76.9 cm³/mol.